The number of amides is 3. The maximum Gasteiger partial charge on any atom is 0.329 e. The molecule has 10 heteroatoms. The highest BCUT2D eigenvalue weighted by Gasteiger charge is 2.34. The Kier molecular flexibility index (Phi) is 5.36. The highest BCUT2D eigenvalue weighted by Crippen LogP contribution is 2.25. The molecule has 1 saturated heterocycles. The number of nitriles is 1. The topological polar surface area (TPSA) is 146 Å². The number of nitrogens with one attached hydrogen (secondary N) is 1. The fourth-order valence-corrected chi connectivity index (χ4v) is 3.70. The van der Waals surface area contributed by atoms with Crippen molar-refractivity contribution in [3.63, 3.8) is 0 Å². The standard InChI is InChI=1S/C22H16N4O5S/c23-12-15-3-1-2-4-16(15)13-26-21(27)19(25-22(26)28)11-17-7-10-20(31-17)14-5-8-18(9-6-14)32(24,29)30/h1-11H,13H2,(H,25,28)(H2,24,29,30). The first-order valence-electron chi connectivity index (χ1n) is 9.32. The summed E-state index contributed by atoms with van der Waals surface area (Å²) in [5, 5.41) is 16.8. The minimum absolute atomic E-state index is 0.0209. The van der Waals surface area contributed by atoms with E-state index in [1.165, 1.54) is 18.2 Å². The van der Waals surface area contributed by atoms with Crippen molar-refractivity contribution >= 4 is 28.0 Å². The van der Waals surface area contributed by atoms with Crippen molar-refractivity contribution in [2.45, 2.75) is 11.4 Å². The first-order chi connectivity index (χ1) is 15.3. The van der Waals surface area contributed by atoms with Crippen LogP contribution in [0, 0.1) is 11.3 Å². The van der Waals surface area contributed by atoms with Crippen LogP contribution in [0.3, 0.4) is 0 Å². The third kappa shape index (κ3) is 4.15. The number of rotatable bonds is 5. The first kappa shape index (κ1) is 21.0. The normalized spacial score (nSPS) is 15.1. The minimum Gasteiger partial charge on any atom is -0.457 e. The summed E-state index contributed by atoms with van der Waals surface area (Å²) in [6.07, 6.45) is 1.40. The molecule has 4 rings (SSSR count). The van der Waals surface area contributed by atoms with E-state index in [1.807, 2.05) is 6.07 Å². The molecule has 160 valence electrons. The van der Waals surface area contributed by atoms with Crippen molar-refractivity contribution in [2.24, 2.45) is 5.14 Å². The van der Waals surface area contributed by atoms with Crippen LogP contribution in [0.2, 0.25) is 0 Å². The number of carbonyl (C=O) groups excluding carboxylic acids is 2. The van der Waals surface area contributed by atoms with E-state index in [2.05, 4.69) is 5.32 Å². The van der Waals surface area contributed by atoms with Crippen LogP contribution in [-0.2, 0) is 21.4 Å². The van der Waals surface area contributed by atoms with E-state index in [4.69, 9.17) is 9.56 Å². The molecule has 0 bridgehead atoms. The molecule has 1 aliphatic rings. The molecule has 3 amide bonds. The van der Waals surface area contributed by atoms with Crippen molar-refractivity contribution in [3.05, 3.63) is 83.2 Å². The first-order valence-corrected chi connectivity index (χ1v) is 10.9. The molecule has 3 N–H and O–H groups in total. The van der Waals surface area contributed by atoms with Crippen LogP contribution in [0.25, 0.3) is 17.4 Å². The Labute approximate surface area is 183 Å². The summed E-state index contributed by atoms with van der Waals surface area (Å²) < 4.78 is 28.5. The predicted octanol–water partition coefficient (Wildman–Crippen LogP) is 2.56. The number of carbonyl (C=O) groups is 2. The second-order valence-electron chi connectivity index (χ2n) is 6.92. The largest absolute Gasteiger partial charge is 0.457 e. The van der Waals surface area contributed by atoms with Crippen LogP contribution < -0.4 is 10.5 Å². The van der Waals surface area contributed by atoms with Crippen molar-refractivity contribution in [1.82, 2.24) is 10.2 Å². The average Bonchev–Trinajstić information content (AvgIpc) is 3.34. The number of furan rings is 1. The molecular weight excluding hydrogens is 432 g/mol. The van der Waals surface area contributed by atoms with E-state index in [0.29, 0.717) is 28.2 Å². The SMILES string of the molecule is N#Cc1ccccc1CN1C(=O)NC(=Cc2ccc(-c3ccc(S(N)(=O)=O)cc3)o2)C1=O. The molecule has 2 aromatic carbocycles. The van der Waals surface area contributed by atoms with Gasteiger partial charge in [-0.3, -0.25) is 9.69 Å². The van der Waals surface area contributed by atoms with Gasteiger partial charge in [0, 0.05) is 11.6 Å². The van der Waals surface area contributed by atoms with Crippen LogP contribution in [0.15, 0.2) is 75.7 Å². The fraction of sp³-hybridized carbons (Fsp3) is 0.0455. The maximum absolute atomic E-state index is 12.7. The molecule has 32 heavy (non-hydrogen) atoms. The van der Waals surface area contributed by atoms with Gasteiger partial charge in [0.25, 0.3) is 5.91 Å². The third-order valence-electron chi connectivity index (χ3n) is 4.81. The lowest BCUT2D eigenvalue weighted by Crippen LogP contribution is -2.30. The summed E-state index contributed by atoms with van der Waals surface area (Å²) in [7, 11) is -3.80. The van der Waals surface area contributed by atoms with Gasteiger partial charge in [0.2, 0.25) is 10.0 Å². The van der Waals surface area contributed by atoms with Crippen molar-refractivity contribution in [3.8, 4) is 17.4 Å². The van der Waals surface area contributed by atoms with Gasteiger partial charge in [-0.15, -0.1) is 0 Å². The van der Waals surface area contributed by atoms with Gasteiger partial charge in [0.1, 0.15) is 17.2 Å². The monoisotopic (exact) mass is 448 g/mol. The van der Waals surface area contributed by atoms with Gasteiger partial charge < -0.3 is 9.73 Å². The number of hydrogen-bond donors (Lipinski definition) is 2. The molecule has 0 saturated carbocycles. The number of benzene rings is 2. The van der Waals surface area contributed by atoms with Gasteiger partial charge in [-0.25, -0.2) is 18.4 Å². The summed E-state index contributed by atoms with van der Waals surface area (Å²) in [4.78, 5) is 26.0. The molecule has 0 radical (unpaired) electrons. The van der Waals surface area contributed by atoms with E-state index >= 15 is 0 Å². The molecule has 0 spiro atoms. The van der Waals surface area contributed by atoms with Crippen LogP contribution >= 0.6 is 0 Å². The summed E-state index contributed by atoms with van der Waals surface area (Å²) in [6, 6.07) is 17.3. The zero-order chi connectivity index (χ0) is 22.9. The number of primary sulfonamides is 1. The van der Waals surface area contributed by atoms with Gasteiger partial charge in [-0.2, -0.15) is 5.26 Å². The van der Waals surface area contributed by atoms with E-state index in [0.717, 1.165) is 4.90 Å². The van der Waals surface area contributed by atoms with E-state index in [-0.39, 0.29) is 17.1 Å². The molecular formula is C22H16N4O5S. The summed E-state index contributed by atoms with van der Waals surface area (Å²) in [6.45, 7) is -0.0362. The van der Waals surface area contributed by atoms with Crippen molar-refractivity contribution in [2.75, 3.05) is 0 Å². The molecule has 1 aromatic heterocycles. The lowest BCUT2D eigenvalue weighted by Gasteiger charge is -2.12. The summed E-state index contributed by atoms with van der Waals surface area (Å²) >= 11 is 0. The molecule has 1 aliphatic heterocycles. The number of hydrogen-bond acceptors (Lipinski definition) is 6. The van der Waals surface area contributed by atoms with Crippen LogP contribution in [0.5, 0.6) is 0 Å². The summed E-state index contributed by atoms with van der Waals surface area (Å²) in [5.41, 5.74) is 1.59. The number of urea groups is 1. The lowest BCUT2D eigenvalue weighted by molar-refractivity contribution is -0.123. The second kappa shape index (κ2) is 8.14. The third-order valence-corrected chi connectivity index (χ3v) is 5.74. The Morgan fingerprint density at radius 1 is 1.06 bits per heavy atom. The maximum atomic E-state index is 12.7. The Morgan fingerprint density at radius 2 is 1.78 bits per heavy atom. The lowest BCUT2D eigenvalue weighted by atomic mass is 10.1. The molecule has 1 fully saturated rings. The van der Waals surface area contributed by atoms with Gasteiger partial charge in [0.05, 0.1) is 23.1 Å². The van der Waals surface area contributed by atoms with Crippen molar-refractivity contribution in [1.29, 1.82) is 5.26 Å². The zero-order valence-corrected chi connectivity index (χ0v) is 17.3. The van der Waals surface area contributed by atoms with Crippen LogP contribution in [-0.4, -0.2) is 25.3 Å². The fourth-order valence-electron chi connectivity index (χ4n) is 3.19. The number of sulfonamides is 1. The molecule has 9 nitrogen and oxygen atoms in total. The highest BCUT2D eigenvalue weighted by molar-refractivity contribution is 7.89. The minimum atomic E-state index is -3.80. The van der Waals surface area contributed by atoms with Gasteiger partial charge >= 0.3 is 6.03 Å². The second-order valence-corrected chi connectivity index (χ2v) is 8.48. The molecule has 0 atom stereocenters. The molecule has 2 heterocycles. The Bertz CT molecular complexity index is 1400. The number of nitrogens with two attached hydrogens (primary N) is 1. The van der Waals surface area contributed by atoms with Crippen LogP contribution in [0.1, 0.15) is 16.9 Å². The van der Waals surface area contributed by atoms with Crippen molar-refractivity contribution < 1.29 is 22.4 Å². The van der Waals surface area contributed by atoms with Gasteiger partial charge in [-0.05, 0) is 48.0 Å². The van der Waals surface area contributed by atoms with E-state index in [9.17, 15) is 23.3 Å². The highest BCUT2D eigenvalue weighted by atomic mass is 32.2. The van der Waals surface area contributed by atoms with Gasteiger partial charge in [0.15, 0.2) is 0 Å². The number of imide groups is 1. The smallest absolute Gasteiger partial charge is 0.329 e. The molecule has 3 aromatic rings. The number of nitrogens with zero attached hydrogens (tertiary/aromatic N) is 2. The van der Waals surface area contributed by atoms with E-state index in [1.54, 1.807) is 48.5 Å². The Morgan fingerprint density at radius 3 is 2.47 bits per heavy atom. The zero-order valence-electron chi connectivity index (χ0n) is 16.5. The predicted molar refractivity (Wildman–Crippen MR) is 114 cm³/mol. The van der Waals surface area contributed by atoms with Gasteiger partial charge in [-0.1, -0.05) is 18.2 Å². The average molecular weight is 448 g/mol. The molecule has 0 aliphatic carbocycles. The van der Waals surface area contributed by atoms with Crippen LogP contribution in [0.4, 0.5) is 4.79 Å². The Hall–Kier alpha value is -4.20. The Balaban J connectivity index is 1.54. The quantitative estimate of drug-likeness (QED) is 0.453. The van der Waals surface area contributed by atoms with E-state index < -0.39 is 22.0 Å². The molecule has 0 unspecified atom stereocenters. The summed E-state index contributed by atoms with van der Waals surface area (Å²) in [5.74, 6) is 0.214.